The van der Waals surface area contributed by atoms with Gasteiger partial charge in [0.1, 0.15) is 4.88 Å². The molecule has 0 bridgehead atoms. The Hall–Kier alpha value is -1.79. The van der Waals surface area contributed by atoms with Crippen LogP contribution in [0.1, 0.15) is 26.8 Å². The number of rotatable bonds is 2. The number of carbonyl (C=O) groups is 1. The summed E-state index contributed by atoms with van der Waals surface area (Å²) in [5.41, 5.74) is 2.06. The Bertz CT molecular complexity index is 570. The maximum atomic E-state index is 11.9. The molecule has 6 heteroatoms. The van der Waals surface area contributed by atoms with E-state index in [-0.39, 0.29) is 11.9 Å². The Morgan fingerprint density at radius 3 is 3.06 bits per heavy atom. The smallest absolute Gasteiger partial charge is 0.265 e. The molecule has 0 fully saturated rings. The number of hydrogen-bond acceptors (Lipinski definition) is 5. The molecule has 18 heavy (non-hydrogen) atoms. The molecule has 0 radical (unpaired) electrons. The first-order valence-corrected chi connectivity index (χ1v) is 6.37. The lowest BCUT2D eigenvalue weighted by molar-refractivity contribution is 0.0862. The Kier molecular flexibility index (Phi) is 2.81. The van der Waals surface area contributed by atoms with E-state index in [1.807, 2.05) is 24.3 Å². The van der Waals surface area contributed by atoms with Crippen molar-refractivity contribution in [2.24, 2.45) is 0 Å². The summed E-state index contributed by atoms with van der Waals surface area (Å²) < 4.78 is 3.65. The van der Waals surface area contributed by atoms with Gasteiger partial charge in [0.2, 0.25) is 0 Å². The summed E-state index contributed by atoms with van der Waals surface area (Å²) in [7, 11) is 0. The molecule has 1 heterocycles. The maximum absolute atomic E-state index is 11.9. The molecule has 0 saturated carbocycles. The van der Waals surface area contributed by atoms with Crippen LogP contribution >= 0.6 is 11.5 Å². The van der Waals surface area contributed by atoms with Crippen molar-refractivity contribution >= 4 is 17.4 Å². The number of nitrogens with zero attached hydrogens (tertiary/aromatic N) is 2. The fourth-order valence-corrected chi connectivity index (χ4v) is 2.65. The molecule has 0 spiro atoms. The maximum Gasteiger partial charge on any atom is 0.265 e. The topological polar surface area (TPSA) is 75.1 Å². The number of fused-ring (bicyclic) bond motifs is 1. The van der Waals surface area contributed by atoms with E-state index in [9.17, 15) is 9.90 Å². The lowest BCUT2D eigenvalue weighted by atomic mass is 10.1. The Morgan fingerprint density at radius 1 is 1.44 bits per heavy atom. The number of aliphatic hydroxyl groups excluding tert-OH is 1. The first-order chi connectivity index (χ1) is 8.75. The van der Waals surface area contributed by atoms with Crippen molar-refractivity contribution in [3.05, 3.63) is 46.5 Å². The van der Waals surface area contributed by atoms with Gasteiger partial charge in [0.05, 0.1) is 18.3 Å². The summed E-state index contributed by atoms with van der Waals surface area (Å²) >= 11 is 1.04. The van der Waals surface area contributed by atoms with Crippen LogP contribution in [0.25, 0.3) is 0 Å². The third kappa shape index (κ3) is 1.89. The second-order valence-electron chi connectivity index (χ2n) is 4.20. The summed E-state index contributed by atoms with van der Waals surface area (Å²) in [6.45, 7) is 0. The minimum absolute atomic E-state index is 0.245. The lowest BCUT2D eigenvalue weighted by Crippen LogP contribution is -2.33. The van der Waals surface area contributed by atoms with E-state index in [1.54, 1.807) is 0 Å². The van der Waals surface area contributed by atoms with Crippen LogP contribution in [0, 0.1) is 0 Å². The van der Waals surface area contributed by atoms with Crippen LogP contribution in [0.4, 0.5) is 0 Å². The first-order valence-electron chi connectivity index (χ1n) is 5.60. The Balaban J connectivity index is 1.83. The van der Waals surface area contributed by atoms with Crippen LogP contribution in [0.2, 0.25) is 0 Å². The zero-order valence-corrected chi connectivity index (χ0v) is 10.2. The monoisotopic (exact) mass is 261 g/mol. The van der Waals surface area contributed by atoms with E-state index in [2.05, 4.69) is 14.9 Å². The molecule has 1 aliphatic rings. The minimum Gasteiger partial charge on any atom is -0.390 e. The first kappa shape index (κ1) is 11.3. The number of hydrogen-bond donors (Lipinski definition) is 2. The van der Waals surface area contributed by atoms with Gasteiger partial charge >= 0.3 is 0 Å². The predicted molar refractivity (Wildman–Crippen MR) is 66.3 cm³/mol. The van der Waals surface area contributed by atoms with Crippen molar-refractivity contribution in [2.75, 3.05) is 0 Å². The predicted octanol–water partition coefficient (Wildman–Crippen LogP) is 0.926. The van der Waals surface area contributed by atoms with E-state index in [1.165, 1.54) is 6.20 Å². The van der Waals surface area contributed by atoms with Gasteiger partial charge in [0, 0.05) is 6.42 Å². The van der Waals surface area contributed by atoms with E-state index in [4.69, 9.17) is 0 Å². The van der Waals surface area contributed by atoms with Crippen LogP contribution in [0.15, 0.2) is 30.5 Å². The van der Waals surface area contributed by atoms with Crippen molar-refractivity contribution in [3.8, 4) is 0 Å². The van der Waals surface area contributed by atoms with Crippen LogP contribution in [-0.2, 0) is 6.42 Å². The normalized spacial score (nSPS) is 21.6. The van der Waals surface area contributed by atoms with Crippen LogP contribution in [-0.4, -0.2) is 26.7 Å². The van der Waals surface area contributed by atoms with E-state index in [0.717, 1.165) is 22.7 Å². The van der Waals surface area contributed by atoms with Gasteiger partial charge in [-0.25, -0.2) is 0 Å². The fourth-order valence-electron chi connectivity index (χ4n) is 2.23. The van der Waals surface area contributed by atoms with Gasteiger partial charge in [-0.05, 0) is 22.7 Å². The standard InChI is InChI=1S/C12H11N3O2S/c16-9-5-7-3-1-2-4-8(7)11(9)14-12(17)10-6-13-15-18-10/h1-4,6,9,11,16H,5H2,(H,14,17). The van der Waals surface area contributed by atoms with Crippen LogP contribution in [0.3, 0.4) is 0 Å². The molecule has 1 aromatic carbocycles. The summed E-state index contributed by atoms with van der Waals surface area (Å²) in [6.07, 6.45) is 1.42. The zero-order valence-electron chi connectivity index (χ0n) is 9.41. The minimum atomic E-state index is -0.577. The van der Waals surface area contributed by atoms with Crippen molar-refractivity contribution in [3.63, 3.8) is 0 Å². The average Bonchev–Trinajstić information content (AvgIpc) is 2.98. The zero-order chi connectivity index (χ0) is 12.5. The lowest BCUT2D eigenvalue weighted by Gasteiger charge is -2.17. The molecule has 2 N–H and O–H groups in total. The molecule has 1 amide bonds. The number of aliphatic hydroxyl groups is 1. The summed E-state index contributed by atoms with van der Waals surface area (Å²) in [5, 5.41) is 16.5. The molecule has 92 valence electrons. The number of carbonyl (C=O) groups excluding carboxylic acids is 1. The molecule has 0 saturated heterocycles. The van der Waals surface area contributed by atoms with Gasteiger partial charge in [-0.3, -0.25) is 4.79 Å². The van der Waals surface area contributed by atoms with Crippen molar-refractivity contribution in [1.29, 1.82) is 0 Å². The number of benzene rings is 1. The highest BCUT2D eigenvalue weighted by molar-refractivity contribution is 7.07. The highest BCUT2D eigenvalue weighted by Gasteiger charge is 2.32. The summed E-state index contributed by atoms with van der Waals surface area (Å²) in [6, 6.07) is 7.39. The molecular formula is C12H11N3O2S. The Labute approximate surface area is 108 Å². The second kappa shape index (κ2) is 4.47. The van der Waals surface area contributed by atoms with Crippen molar-refractivity contribution in [2.45, 2.75) is 18.6 Å². The third-order valence-electron chi connectivity index (χ3n) is 3.08. The molecule has 3 rings (SSSR count). The van der Waals surface area contributed by atoms with Crippen LogP contribution in [0.5, 0.6) is 0 Å². The fraction of sp³-hybridized carbons (Fsp3) is 0.250. The van der Waals surface area contributed by atoms with Gasteiger partial charge < -0.3 is 10.4 Å². The van der Waals surface area contributed by atoms with Crippen molar-refractivity contribution < 1.29 is 9.90 Å². The van der Waals surface area contributed by atoms with E-state index in [0.29, 0.717) is 11.3 Å². The van der Waals surface area contributed by atoms with Crippen LogP contribution < -0.4 is 5.32 Å². The second-order valence-corrected chi connectivity index (χ2v) is 4.99. The number of aromatic nitrogens is 2. The molecule has 0 aliphatic heterocycles. The largest absolute Gasteiger partial charge is 0.390 e. The van der Waals surface area contributed by atoms with Gasteiger partial charge in [0.15, 0.2) is 0 Å². The molecule has 2 atom stereocenters. The summed E-state index contributed by atoms with van der Waals surface area (Å²) in [4.78, 5) is 12.4. The molecule has 2 aromatic rings. The number of nitrogens with one attached hydrogen (secondary N) is 1. The van der Waals surface area contributed by atoms with Gasteiger partial charge in [-0.1, -0.05) is 28.8 Å². The number of amides is 1. The summed E-state index contributed by atoms with van der Waals surface area (Å²) in [5.74, 6) is -0.245. The van der Waals surface area contributed by atoms with Gasteiger partial charge in [0.25, 0.3) is 5.91 Å². The molecular weight excluding hydrogens is 250 g/mol. The van der Waals surface area contributed by atoms with Gasteiger partial charge in [-0.15, -0.1) is 5.10 Å². The highest BCUT2D eigenvalue weighted by atomic mass is 32.1. The van der Waals surface area contributed by atoms with Crippen molar-refractivity contribution in [1.82, 2.24) is 14.9 Å². The van der Waals surface area contributed by atoms with E-state index < -0.39 is 6.10 Å². The SMILES string of the molecule is O=C(NC1c2ccccc2CC1O)c1cnns1. The van der Waals surface area contributed by atoms with Gasteiger partial charge in [-0.2, -0.15) is 0 Å². The molecule has 5 nitrogen and oxygen atoms in total. The molecule has 2 unspecified atom stereocenters. The highest BCUT2D eigenvalue weighted by Crippen LogP contribution is 2.31. The molecule has 1 aromatic heterocycles. The quantitative estimate of drug-likeness (QED) is 0.843. The third-order valence-corrected chi connectivity index (χ3v) is 3.74. The van der Waals surface area contributed by atoms with E-state index >= 15 is 0 Å². The average molecular weight is 261 g/mol. The Morgan fingerprint density at radius 2 is 2.28 bits per heavy atom. The molecule has 1 aliphatic carbocycles.